The number of rotatable bonds is 4. The molecule has 1 aromatic carbocycles. The summed E-state index contributed by atoms with van der Waals surface area (Å²) < 4.78 is 13.3. The zero-order valence-electron chi connectivity index (χ0n) is 11.0. The SMILES string of the molecule is Oc1ccc(NCc2cn[nH]c2-c2cccnc2)cc1F. The minimum Gasteiger partial charge on any atom is -0.505 e. The average molecular weight is 284 g/mol. The quantitative estimate of drug-likeness (QED) is 0.644. The molecule has 0 fully saturated rings. The first kappa shape index (κ1) is 13.1. The number of benzene rings is 1. The maximum Gasteiger partial charge on any atom is 0.166 e. The molecule has 0 atom stereocenters. The third-order valence-corrected chi connectivity index (χ3v) is 3.10. The molecule has 106 valence electrons. The number of nitrogens with zero attached hydrogens (tertiary/aromatic N) is 2. The highest BCUT2D eigenvalue weighted by atomic mass is 19.1. The lowest BCUT2D eigenvalue weighted by Crippen LogP contribution is -2.00. The van der Waals surface area contributed by atoms with Crippen molar-refractivity contribution in [3.63, 3.8) is 0 Å². The lowest BCUT2D eigenvalue weighted by molar-refractivity contribution is 0.432. The minimum absolute atomic E-state index is 0.361. The number of hydrogen-bond acceptors (Lipinski definition) is 4. The first-order valence-electron chi connectivity index (χ1n) is 6.39. The number of phenols is 1. The smallest absolute Gasteiger partial charge is 0.166 e. The second-order valence-corrected chi connectivity index (χ2v) is 4.53. The van der Waals surface area contributed by atoms with Crippen molar-refractivity contribution in [1.29, 1.82) is 0 Å². The lowest BCUT2D eigenvalue weighted by Gasteiger charge is -2.07. The van der Waals surface area contributed by atoms with Crippen molar-refractivity contribution in [2.75, 3.05) is 5.32 Å². The molecule has 5 nitrogen and oxygen atoms in total. The number of aromatic hydroxyl groups is 1. The van der Waals surface area contributed by atoms with E-state index in [1.165, 1.54) is 12.1 Å². The summed E-state index contributed by atoms with van der Waals surface area (Å²) >= 11 is 0. The maximum atomic E-state index is 13.3. The third kappa shape index (κ3) is 2.84. The number of halogens is 1. The van der Waals surface area contributed by atoms with E-state index in [-0.39, 0.29) is 5.75 Å². The van der Waals surface area contributed by atoms with Gasteiger partial charge in [0.1, 0.15) is 0 Å². The Morgan fingerprint density at radius 2 is 2.14 bits per heavy atom. The molecule has 3 N–H and O–H groups in total. The van der Waals surface area contributed by atoms with E-state index in [2.05, 4.69) is 20.5 Å². The number of pyridine rings is 1. The van der Waals surface area contributed by atoms with Crippen LogP contribution in [0.5, 0.6) is 5.75 Å². The van der Waals surface area contributed by atoms with Crippen LogP contribution in [0.4, 0.5) is 10.1 Å². The summed E-state index contributed by atoms with van der Waals surface area (Å²) in [7, 11) is 0. The Hall–Kier alpha value is -2.89. The van der Waals surface area contributed by atoms with Crippen LogP contribution in [0.25, 0.3) is 11.3 Å². The van der Waals surface area contributed by atoms with Crippen LogP contribution in [-0.2, 0) is 6.54 Å². The molecule has 3 rings (SSSR count). The van der Waals surface area contributed by atoms with Gasteiger partial charge < -0.3 is 10.4 Å². The van der Waals surface area contributed by atoms with E-state index in [0.29, 0.717) is 12.2 Å². The molecule has 2 heterocycles. The van der Waals surface area contributed by atoms with E-state index < -0.39 is 5.82 Å². The van der Waals surface area contributed by atoms with Gasteiger partial charge in [0.25, 0.3) is 0 Å². The molecular formula is C15H13FN4O. The van der Waals surface area contributed by atoms with Crippen molar-refractivity contribution in [3.05, 3.63) is 60.3 Å². The van der Waals surface area contributed by atoms with Crippen molar-refractivity contribution < 1.29 is 9.50 Å². The molecule has 0 saturated heterocycles. The van der Waals surface area contributed by atoms with Crippen LogP contribution in [0, 0.1) is 5.82 Å². The molecule has 0 saturated carbocycles. The molecule has 0 unspecified atom stereocenters. The summed E-state index contributed by atoms with van der Waals surface area (Å²) in [6.07, 6.45) is 5.17. The van der Waals surface area contributed by atoms with Crippen LogP contribution in [0.3, 0.4) is 0 Å². The largest absolute Gasteiger partial charge is 0.505 e. The molecular weight excluding hydrogens is 271 g/mol. The first-order chi connectivity index (χ1) is 10.2. The van der Waals surface area contributed by atoms with Crippen molar-refractivity contribution in [1.82, 2.24) is 15.2 Å². The van der Waals surface area contributed by atoms with Gasteiger partial charge in [-0.15, -0.1) is 0 Å². The summed E-state index contributed by atoms with van der Waals surface area (Å²) in [6, 6.07) is 7.96. The van der Waals surface area contributed by atoms with Gasteiger partial charge in [-0.1, -0.05) is 0 Å². The second kappa shape index (κ2) is 5.62. The van der Waals surface area contributed by atoms with Gasteiger partial charge >= 0.3 is 0 Å². The molecule has 0 aliphatic carbocycles. The Bertz CT molecular complexity index is 742. The molecule has 6 heteroatoms. The van der Waals surface area contributed by atoms with Crippen molar-refractivity contribution in [2.24, 2.45) is 0 Å². The number of nitrogens with one attached hydrogen (secondary N) is 2. The normalized spacial score (nSPS) is 10.5. The highest BCUT2D eigenvalue weighted by Gasteiger charge is 2.08. The molecule has 3 aromatic rings. The summed E-state index contributed by atoms with van der Waals surface area (Å²) in [5.74, 6) is -1.01. The first-order valence-corrected chi connectivity index (χ1v) is 6.39. The molecule has 0 spiro atoms. The lowest BCUT2D eigenvalue weighted by atomic mass is 10.1. The van der Waals surface area contributed by atoms with E-state index in [1.54, 1.807) is 24.7 Å². The number of anilines is 1. The van der Waals surface area contributed by atoms with Crippen LogP contribution < -0.4 is 5.32 Å². The van der Waals surface area contributed by atoms with Gasteiger partial charge in [0.15, 0.2) is 11.6 Å². The Balaban J connectivity index is 1.77. The number of H-pyrrole nitrogens is 1. The van der Waals surface area contributed by atoms with Gasteiger partial charge in [0.2, 0.25) is 0 Å². The zero-order chi connectivity index (χ0) is 14.7. The van der Waals surface area contributed by atoms with Gasteiger partial charge in [-0.05, 0) is 24.3 Å². The van der Waals surface area contributed by atoms with E-state index in [9.17, 15) is 4.39 Å². The maximum absolute atomic E-state index is 13.3. The van der Waals surface area contributed by atoms with E-state index in [1.807, 2.05) is 12.1 Å². The minimum atomic E-state index is -0.653. The van der Waals surface area contributed by atoms with Crippen LogP contribution in [0.1, 0.15) is 5.56 Å². The van der Waals surface area contributed by atoms with Crippen LogP contribution in [-0.4, -0.2) is 20.3 Å². The van der Waals surface area contributed by atoms with Crippen molar-refractivity contribution >= 4 is 5.69 Å². The predicted octanol–water partition coefficient (Wildman–Crippen LogP) is 2.93. The predicted molar refractivity (Wildman–Crippen MR) is 77.2 cm³/mol. The monoisotopic (exact) mass is 284 g/mol. The van der Waals surface area contributed by atoms with E-state index >= 15 is 0 Å². The second-order valence-electron chi connectivity index (χ2n) is 4.53. The molecule has 2 aromatic heterocycles. The highest BCUT2D eigenvalue weighted by Crippen LogP contribution is 2.23. The van der Waals surface area contributed by atoms with Crippen LogP contribution in [0.2, 0.25) is 0 Å². The van der Waals surface area contributed by atoms with E-state index in [4.69, 9.17) is 5.11 Å². The van der Waals surface area contributed by atoms with Gasteiger partial charge in [0.05, 0.1) is 11.9 Å². The van der Waals surface area contributed by atoms with Crippen molar-refractivity contribution in [2.45, 2.75) is 6.54 Å². The Labute approximate surface area is 120 Å². The van der Waals surface area contributed by atoms with Gasteiger partial charge in [-0.25, -0.2) is 4.39 Å². The van der Waals surface area contributed by atoms with Crippen LogP contribution >= 0.6 is 0 Å². The van der Waals surface area contributed by atoms with E-state index in [0.717, 1.165) is 16.8 Å². The number of aromatic nitrogens is 3. The fourth-order valence-electron chi connectivity index (χ4n) is 2.02. The summed E-state index contributed by atoms with van der Waals surface area (Å²) in [4.78, 5) is 4.08. The Morgan fingerprint density at radius 3 is 2.90 bits per heavy atom. The Kier molecular flexibility index (Phi) is 3.51. The summed E-state index contributed by atoms with van der Waals surface area (Å²) in [5, 5.41) is 19.2. The zero-order valence-corrected chi connectivity index (χ0v) is 11.0. The Morgan fingerprint density at radius 1 is 1.24 bits per heavy atom. The number of phenolic OH excluding ortho intramolecular Hbond substituents is 1. The molecule has 0 amide bonds. The fraction of sp³-hybridized carbons (Fsp3) is 0.0667. The highest BCUT2D eigenvalue weighted by molar-refractivity contribution is 5.62. The molecule has 0 radical (unpaired) electrons. The molecule has 0 bridgehead atoms. The topological polar surface area (TPSA) is 73.8 Å². The molecule has 0 aliphatic heterocycles. The number of aromatic amines is 1. The third-order valence-electron chi connectivity index (χ3n) is 3.10. The van der Waals surface area contributed by atoms with Gasteiger partial charge in [-0.3, -0.25) is 10.1 Å². The summed E-state index contributed by atoms with van der Waals surface area (Å²) in [6.45, 7) is 0.477. The van der Waals surface area contributed by atoms with Gasteiger partial charge in [0, 0.05) is 41.8 Å². The standard InChI is InChI=1S/C15H13FN4O/c16-13-6-12(3-4-14(13)21)18-8-11-9-19-20-15(11)10-2-1-5-17-7-10/h1-7,9,18,21H,8H2,(H,19,20). The number of hydrogen-bond donors (Lipinski definition) is 3. The van der Waals surface area contributed by atoms with Crippen LogP contribution in [0.15, 0.2) is 48.9 Å². The van der Waals surface area contributed by atoms with Gasteiger partial charge in [-0.2, -0.15) is 5.10 Å². The molecule has 0 aliphatic rings. The summed E-state index contributed by atoms with van der Waals surface area (Å²) in [5.41, 5.74) is 3.33. The fourth-order valence-corrected chi connectivity index (χ4v) is 2.02. The van der Waals surface area contributed by atoms with Crippen molar-refractivity contribution in [3.8, 4) is 17.0 Å². The average Bonchev–Trinajstić information content (AvgIpc) is 2.98. The molecule has 21 heavy (non-hydrogen) atoms.